The molecular weight excluding hydrogens is 280 g/mol. The van der Waals surface area contributed by atoms with Gasteiger partial charge in [0, 0.05) is 44.1 Å². The van der Waals surface area contributed by atoms with E-state index in [4.69, 9.17) is 4.74 Å². The molecule has 2 saturated heterocycles. The normalized spacial score (nSPS) is 32.3. The Morgan fingerprint density at radius 1 is 1.32 bits per heavy atom. The molecule has 2 aliphatic heterocycles. The molecule has 0 aromatic carbocycles. The lowest BCUT2D eigenvalue weighted by molar-refractivity contribution is -0.145. The first-order chi connectivity index (χ1) is 10.6. The molecule has 1 saturated carbocycles. The summed E-state index contributed by atoms with van der Waals surface area (Å²) in [6.45, 7) is 10.0. The molecule has 0 bridgehead atoms. The second-order valence-corrected chi connectivity index (χ2v) is 7.22. The number of ether oxygens (including phenoxy) is 1. The number of piperidine rings is 1. The summed E-state index contributed by atoms with van der Waals surface area (Å²) < 4.78 is 5.84. The van der Waals surface area contributed by atoms with Gasteiger partial charge in [0.2, 0.25) is 5.91 Å². The van der Waals surface area contributed by atoms with Crippen molar-refractivity contribution < 1.29 is 14.6 Å². The molecule has 0 atom stereocenters. The molecule has 2 heterocycles. The number of nitrogens with zero attached hydrogens (tertiary/aromatic N) is 2. The fourth-order valence-electron chi connectivity index (χ4n) is 3.97. The van der Waals surface area contributed by atoms with Gasteiger partial charge in [0.15, 0.2) is 0 Å². The Kier molecular flexibility index (Phi) is 4.85. The average Bonchev–Trinajstić information content (AvgIpc) is 2.67. The first kappa shape index (κ1) is 16.0. The van der Waals surface area contributed by atoms with Crippen LogP contribution in [-0.4, -0.2) is 72.9 Å². The number of rotatable bonds is 3. The average molecular weight is 308 g/mol. The summed E-state index contributed by atoms with van der Waals surface area (Å²) in [5.41, 5.74) is 0.190. The van der Waals surface area contributed by atoms with Crippen molar-refractivity contribution in [3.63, 3.8) is 0 Å². The molecule has 5 heteroatoms. The molecule has 124 valence electrons. The number of amides is 1. The minimum absolute atomic E-state index is 0.0618. The van der Waals surface area contributed by atoms with Gasteiger partial charge in [-0.2, -0.15) is 0 Å². The fraction of sp³-hybridized carbons (Fsp3) is 0.824. The topological polar surface area (TPSA) is 53.0 Å². The van der Waals surface area contributed by atoms with Crippen LogP contribution in [0.2, 0.25) is 0 Å². The Labute approximate surface area is 132 Å². The number of aliphatic hydroxyl groups excluding tert-OH is 1. The maximum atomic E-state index is 12.4. The predicted molar refractivity (Wildman–Crippen MR) is 84.4 cm³/mol. The van der Waals surface area contributed by atoms with Crippen LogP contribution in [0.5, 0.6) is 0 Å². The number of carbonyl (C=O) groups is 1. The lowest BCUT2D eigenvalue weighted by atomic mass is 9.77. The van der Waals surface area contributed by atoms with Crippen molar-refractivity contribution in [2.45, 2.75) is 31.8 Å². The molecule has 0 aromatic rings. The molecule has 3 fully saturated rings. The van der Waals surface area contributed by atoms with Gasteiger partial charge in [-0.3, -0.25) is 9.69 Å². The van der Waals surface area contributed by atoms with Crippen molar-refractivity contribution in [1.82, 2.24) is 9.80 Å². The highest BCUT2D eigenvalue weighted by Crippen LogP contribution is 2.36. The first-order valence-electron chi connectivity index (χ1n) is 8.50. The Bertz CT molecular complexity index is 412. The highest BCUT2D eigenvalue weighted by Gasteiger charge is 2.41. The van der Waals surface area contributed by atoms with Crippen LogP contribution in [0.25, 0.3) is 0 Å². The lowest BCUT2D eigenvalue weighted by Crippen LogP contribution is -2.51. The van der Waals surface area contributed by atoms with Crippen LogP contribution in [0, 0.1) is 11.3 Å². The van der Waals surface area contributed by atoms with Crippen LogP contribution in [0.4, 0.5) is 0 Å². The summed E-state index contributed by atoms with van der Waals surface area (Å²) in [5.74, 6) is 0.310. The van der Waals surface area contributed by atoms with Gasteiger partial charge in [0.1, 0.15) is 0 Å². The lowest BCUT2D eigenvalue weighted by Gasteiger charge is -2.44. The third kappa shape index (κ3) is 3.36. The van der Waals surface area contributed by atoms with E-state index in [0.717, 1.165) is 58.8 Å². The van der Waals surface area contributed by atoms with E-state index in [-0.39, 0.29) is 23.3 Å². The molecule has 1 amide bonds. The minimum atomic E-state index is -0.257. The monoisotopic (exact) mass is 308 g/mol. The Morgan fingerprint density at radius 2 is 2.05 bits per heavy atom. The Balaban J connectivity index is 1.55. The summed E-state index contributed by atoms with van der Waals surface area (Å²) in [6.07, 6.45) is 5.03. The molecule has 1 N–H and O–H groups in total. The van der Waals surface area contributed by atoms with E-state index in [2.05, 4.69) is 11.5 Å². The summed E-state index contributed by atoms with van der Waals surface area (Å²) in [6, 6.07) is 0. The van der Waals surface area contributed by atoms with E-state index < -0.39 is 0 Å². The van der Waals surface area contributed by atoms with E-state index in [0.29, 0.717) is 12.8 Å². The van der Waals surface area contributed by atoms with Gasteiger partial charge in [0.05, 0.1) is 19.3 Å². The number of carbonyl (C=O) groups excluding carboxylic acids is 1. The van der Waals surface area contributed by atoms with Crippen molar-refractivity contribution in [2.24, 2.45) is 11.3 Å². The van der Waals surface area contributed by atoms with Crippen LogP contribution >= 0.6 is 0 Å². The van der Waals surface area contributed by atoms with Crippen LogP contribution in [0.15, 0.2) is 12.7 Å². The van der Waals surface area contributed by atoms with Crippen molar-refractivity contribution in [3.8, 4) is 0 Å². The van der Waals surface area contributed by atoms with Gasteiger partial charge in [-0.05, 0) is 25.7 Å². The van der Waals surface area contributed by atoms with Crippen molar-refractivity contribution in [1.29, 1.82) is 0 Å². The third-order valence-corrected chi connectivity index (χ3v) is 5.50. The number of hydrogen-bond acceptors (Lipinski definition) is 4. The maximum absolute atomic E-state index is 12.4. The number of aliphatic hydroxyl groups is 1. The van der Waals surface area contributed by atoms with E-state index in [1.165, 1.54) is 0 Å². The zero-order valence-corrected chi connectivity index (χ0v) is 13.4. The molecule has 3 rings (SSSR count). The highest BCUT2D eigenvalue weighted by molar-refractivity contribution is 5.80. The Morgan fingerprint density at radius 3 is 2.68 bits per heavy atom. The van der Waals surface area contributed by atoms with Gasteiger partial charge in [-0.15, -0.1) is 6.58 Å². The third-order valence-electron chi connectivity index (χ3n) is 5.50. The maximum Gasteiger partial charge on any atom is 0.225 e. The molecular formula is C17H28N2O3. The number of hydrogen-bond donors (Lipinski definition) is 1. The van der Waals surface area contributed by atoms with E-state index in [1.54, 1.807) is 0 Å². The smallest absolute Gasteiger partial charge is 0.225 e. The largest absolute Gasteiger partial charge is 0.393 e. The van der Waals surface area contributed by atoms with Gasteiger partial charge < -0.3 is 14.7 Å². The van der Waals surface area contributed by atoms with Crippen LogP contribution in [-0.2, 0) is 9.53 Å². The van der Waals surface area contributed by atoms with Crippen molar-refractivity contribution >= 4 is 5.91 Å². The molecule has 22 heavy (non-hydrogen) atoms. The zero-order valence-electron chi connectivity index (χ0n) is 13.4. The summed E-state index contributed by atoms with van der Waals surface area (Å²) >= 11 is 0. The second kappa shape index (κ2) is 6.69. The van der Waals surface area contributed by atoms with Crippen molar-refractivity contribution in [2.75, 3.05) is 45.9 Å². The fourth-order valence-corrected chi connectivity index (χ4v) is 3.97. The molecule has 1 aliphatic carbocycles. The quantitative estimate of drug-likeness (QED) is 0.787. The van der Waals surface area contributed by atoms with Crippen LogP contribution in [0.3, 0.4) is 0 Å². The Hall–Kier alpha value is -0.910. The number of likely N-dealkylation sites (tertiary alicyclic amines) is 1. The molecule has 0 radical (unpaired) electrons. The minimum Gasteiger partial charge on any atom is -0.393 e. The predicted octanol–water partition coefficient (Wildman–Crippen LogP) is 0.884. The molecule has 1 spiro atoms. The summed E-state index contributed by atoms with van der Waals surface area (Å²) in [4.78, 5) is 16.8. The SMILES string of the molecule is C=CCN1CCOCC2(CCN(C(=O)C3CC(O)C3)CC2)C1. The van der Waals surface area contributed by atoms with Gasteiger partial charge in [0.25, 0.3) is 0 Å². The molecule has 3 aliphatic rings. The van der Waals surface area contributed by atoms with E-state index in [1.807, 2.05) is 11.0 Å². The van der Waals surface area contributed by atoms with E-state index >= 15 is 0 Å². The second-order valence-electron chi connectivity index (χ2n) is 7.22. The highest BCUT2D eigenvalue weighted by atomic mass is 16.5. The van der Waals surface area contributed by atoms with Crippen LogP contribution in [0.1, 0.15) is 25.7 Å². The standard InChI is InChI=1S/C17H28N2O3/c1-2-5-18-8-9-22-13-17(12-18)3-6-19(7-4-17)16(21)14-10-15(20)11-14/h2,14-15,20H,1,3-13H2. The molecule has 0 aromatic heterocycles. The summed E-state index contributed by atoms with van der Waals surface area (Å²) in [7, 11) is 0. The van der Waals surface area contributed by atoms with Crippen molar-refractivity contribution in [3.05, 3.63) is 12.7 Å². The zero-order chi connectivity index (χ0) is 15.6. The van der Waals surface area contributed by atoms with Gasteiger partial charge >= 0.3 is 0 Å². The van der Waals surface area contributed by atoms with Gasteiger partial charge in [-0.25, -0.2) is 0 Å². The molecule has 0 unspecified atom stereocenters. The first-order valence-corrected chi connectivity index (χ1v) is 8.50. The van der Waals surface area contributed by atoms with Crippen LogP contribution < -0.4 is 0 Å². The molecule has 5 nitrogen and oxygen atoms in total. The summed E-state index contributed by atoms with van der Waals surface area (Å²) in [5, 5.41) is 9.37. The van der Waals surface area contributed by atoms with Gasteiger partial charge in [-0.1, -0.05) is 6.08 Å². The van der Waals surface area contributed by atoms with E-state index in [9.17, 15) is 9.90 Å².